The van der Waals surface area contributed by atoms with Crippen molar-refractivity contribution in [3.63, 3.8) is 0 Å². The van der Waals surface area contributed by atoms with Gasteiger partial charge in [-0.05, 0) is 57.4 Å². The molecule has 37 heavy (non-hydrogen) atoms. The van der Waals surface area contributed by atoms with Gasteiger partial charge in [0.1, 0.15) is 6.10 Å². The third kappa shape index (κ3) is 10.4. The molecule has 3 aliphatic heterocycles. The zero-order chi connectivity index (χ0) is 26.6. The van der Waals surface area contributed by atoms with Gasteiger partial charge < -0.3 is 19.9 Å². The topological polar surface area (TPSA) is 87.9 Å². The Labute approximate surface area is 222 Å². The number of carbonyl (C=O) groups is 2. The molecule has 6 heteroatoms. The fourth-order valence-corrected chi connectivity index (χ4v) is 5.39. The number of amides is 1. The summed E-state index contributed by atoms with van der Waals surface area (Å²) in [4.78, 5) is 23.9. The minimum atomic E-state index is -0.390. The van der Waals surface area contributed by atoms with E-state index in [1.54, 1.807) is 12.2 Å². The average molecular weight is 512 g/mol. The van der Waals surface area contributed by atoms with Crippen LogP contribution in [0.3, 0.4) is 0 Å². The van der Waals surface area contributed by atoms with Crippen LogP contribution < -0.4 is 5.73 Å². The number of hydrogen-bond donors (Lipinski definition) is 1. The normalized spacial score (nSPS) is 36.2. The Morgan fingerprint density at radius 2 is 1.65 bits per heavy atom. The van der Waals surface area contributed by atoms with Gasteiger partial charge in [0.25, 0.3) is 0 Å². The summed E-state index contributed by atoms with van der Waals surface area (Å²) < 4.78 is 18.9. The summed E-state index contributed by atoms with van der Waals surface area (Å²) in [5, 5.41) is 0. The zero-order valence-electron chi connectivity index (χ0n) is 22.7. The first-order valence-corrected chi connectivity index (χ1v) is 13.9. The van der Waals surface area contributed by atoms with Crippen molar-refractivity contribution in [2.75, 3.05) is 0 Å². The van der Waals surface area contributed by atoms with Crippen LogP contribution in [-0.4, -0.2) is 42.4 Å². The van der Waals surface area contributed by atoms with Crippen LogP contribution in [0.5, 0.6) is 0 Å². The van der Waals surface area contributed by atoms with Crippen molar-refractivity contribution in [2.45, 2.75) is 109 Å². The number of hydrogen-bond acceptors (Lipinski definition) is 5. The molecule has 3 rings (SSSR count). The van der Waals surface area contributed by atoms with Crippen LogP contribution in [0.15, 0.2) is 60.3 Å². The molecule has 2 N–H and O–H groups in total. The first kappa shape index (κ1) is 29.1. The van der Waals surface area contributed by atoms with Gasteiger partial charge in [0.05, 0.1) is 30.8 Å². The van der Waals surface area contributed by atoms with Gasteiger partial charge in [-0.1, -0.05) is 68.0 Å². The van der Waals surface area contributed by atoms with E-state index in [9.17, 15) is 9.59 Å². The number of carbonyl (C=O) groups excluding carboxylic acids is 2. The van der Waals surface area contributed by atoms with Gasteiger partial charge in [-0.15, -0.1) is 0 Å². The number of cyclic esters (lactones) is 1. The SMILES string of the molecule is C/C=C1\CC2CC(=O)OC(/C=C/C=C\C=C\CC(N)=O)C(C)/C=C/C(C)CC3CCCC(CC(C1)O2)O3. The predicted octanol–water partition coefficient (Wildman–Crippen LogP) is 5.89. The monoisotopic (exact) mass is 511 g/mol. The molecule has 3 heterocycles. The number of nitrogens with two attached hydrogens (primary N) is 1. The first-order valence-electron chi connectivity index (χ1n) is 13.9. The van der Waals surface area contributed by atoms with E-state index in [-0.39, 0.29) is 61.2 Å². The summed E-state index contributed by atoms with van der Waals surface area (Å²) in [5.41, 5.74) is 6.49. The lowest BCUT2D eigenvalue weighted by Gasteiger charge is -2.37. The Morgan fingerprint density at radius 3 is 2.41 bits per heavy atom. The largest absolute Gasteiger partial charge is 0.457 e. The van der Waals surface area contributed by atoms with Crippen LogP contribution in [0.2, 0.25) is 0 Å². The number of allylic oxidation sites excluding steroid dienone is 6. The third-order valence-corrected chi connectivity index (χ3v) is 7.38. The number of primary amides is 1. The second-order valence-corrected chi connectivity index (χ2v) is 10.8. The first-order chi connectivity index (χ1) is 17.8. The Hall–Kier alpha value is -2.44. The van der Waals surface area contributed by atoms with E-state index in [2.05, 4.69) is 39.0 Å². The molecule has 4 bridgehead atoms. The van der Waals surface area contributed by atoms with Crippen LogP contribution >= 0.6 is 0 Å². The van der Waals surface area contributed by atoms with Gasteiger partial charge >= 0.3 is 5.97 Å². The molecular weight excluding hydrogens is 466 g/mol. The van der Waals surface area contributed by atoms with E-state index in [1.807, 2.05) is 24.3 Å². The van der Waals surface area contributed by atoms with E-state index in [1.165, 1.54) is 12.0 Å². The van der Waals surface area contributed by atoms with Crippen LogP contribution in [0.4, 0.5) is 0 Å². The Kier molecular flexibility index (Phi) is 11.9. The number of fused-ring (bicyclic) bond motifs is 4. The molecule has 0 aromatic carbocycles. The van der Waals surface area contributed by atoms with E-state index in [4.69, 9.17) is 19.9 Å². The molecule has 6 nitrogen and oxygen atoms in total. The summed E-state index contributed by atoms with van der Waals surface area (Å²) in [6.07, 6.45) is 24.9. The van der Waals surface area contributed by atoms with Gasteiger partial charge in [-0.25, -0.2) is 0 Å². The molecule has 1 amide bonds. The lowest BCUT2D eigenvalue weighted by Crippen LogP contribution is -2.37. The molecule has 0 saturated carbocycles. The summed E-state index contributed by atoms with van der Waals surface area (Å²) in [5.74, 6) is -0.215. The van der Waals surface area contributed by atoms with Crippen LogP contribution in [-0.2, 0) is 23.8 Å². The highest BCUT2D eigenvalue weighted by atomic mass is 16.5. The molecular formula is C31H45NO5. The van der Waals surface area contributed by atoms with Crippen molar-refractivity contribution in [3.05, 3.63) is 60.3 Å². The van der Waals surface area contributed by atoms with E-state index in [0.29, 0.717) is 5.92 Å². The molecule has 0 aromatic rings. The summed E-state index contributed by atoms with van der Waals surface area (Å²) >= 11 is 0. The van der Waals surface area contributed by atoms with Crippen LogP contribution in [0, 0.1) is 11.8 Å². The van der Waals surface area contributed by atoms with Crippen molar-refractivity contribution >= 4 is 11.9 Å². The number of esters is 1. The quantitative estimate of drug-likeness (QED) is 0.283. The molecule has 204 valence electrons. The highest BCUT2D eigenvalue weighted by Gasteiger charge is 2.32. The fraction of sp³-hybridized carbons (Fsp3) is 0.613. The average Bonchev–Trinajstić information content (AvgIpc) is 2.85. The maximum absolute atomic E-state index is 13.0. The standard InChI is InChI=1S/C31H45NO5/c1-4-24-18-27-20-26-12-10-11-25(35-26)17-22(2)15-16-23(3)29(37-31(34)21-28(19-24)36-27)13-8-6-5-7-9-14-30(32)33/h4-9,13,15-16,22-23,25-29H,10-12,14,17-21H2,1-3H3,(H2,32,33)/b6-5-,9-7+,13-8+,16-15+,24-4-. The summed E-state index contributed by atoms with van der Waals surface area (Å²) in [6.45, 7) is 6.37. The van der Waals surface area contributed by atoms with Gasteiger partial charge in [-0.3, -0.25) is 9.59 Å². The maximum atomic E-state index is 13.0. The molecule has 7 atom stereocenters. The molecule has 2 saturated heterocycles. The van der Waals surface area contributed by atoms with E-state index in [0.717, 1.165) is 38.5 Å². The lowest BCUT2D eigenvalue weighted by atomic mass is 9.90. The van der Waals surface area contributed by atoms with Crippen molar-refractivity contribution < 1.29 is 23.8 Å². The van der Waals surface area contributed by atoms with Crippen molar-refractivity contribution in [2.24, 2.45) is 17.6 Å². The highest BCUT2D eigenvalue weighted by Crippen LogP contribution is 2.33. The van der Waals surface area contributed by atoms with Crippen molar-refractivity contribution in [1.29, 1.82) is 0 Å². The second kappa shape index (κ2) is 15.1. The minimum absolute atomic E-state index is 0.0144. The molecule has 0 spiro atoms. The summed E-state index contributed by atoms with van der Waals surface area (Å²) in [7, 11) is 0. The molecule has 3 aliphatic rings. The Bertz CT molecular complexity index is 901. The van der Waals surface area contributed by atoms with Crippen LogP contribution in [0.25, 0.3) is 0 Å². The smallest absolute Gasteiger partial charge is 0.309 e. The van der Waals surface area contributed by atoms with Gasteiger partial charge in [0.15, 0.2) is 0 Å². The van der Waals surface area contributed by atoms with Crippen molar-refractivity contribution in [3.8, 4) is 0 Å². The second-order valence-electron chi connectivity index (χ2n) is 10.8. The number of rotatable bonds is 5. The predicted molar refractivity (Wildman–Crippen MR) is 147 cm³/mol. The van der Waals surface area contributed by atoms with E-state index >= 15 is 0 Å². The van der Waals surface area contributed by atoms with Gasteiger partial charge in [0, 0.05) is 18.8 Å². The Morgan fingerprint density at radius 1 is 0.946 bits per heavy atom. The zero-order valence-corrected chi connectivity index (χ0v) is 22.7. The molecule has 2 fully saturated rings. The maximum Gasteiger partial charge on any atom is 0.309 e. The fourth-order valence-electron chi connectivity index (χ4n) is 5.39. The Balaban J connectivity index is 1.75. The lowest BCUT2D eigenvalue weighted by molar-refractivity contribution is -0.154. The highest BCUT2D eigenvalue weighted by molar-refractivity contribution is 5.75. The van der Waals surface area contributed by atoms with Gasteiger partial charge in [-0.2, -0.15) is 0 Å². The minimum Gasteiger partial charge on any atom is -0.457 e. The number of ether oxygens (including phenoxy) is 3. The molecule has 7 unspecified atom stereocenters. The summed E-state index contributed by atoms with van der Waals surface area (Å²) in [6, 6.07) is 0. The third-order valence-electron chi connectivity index (χ3n) is 7.38. The van der Waals surface area contributed by atoms with Crippen molar-refractivity contribution in [1.82, 2.24) is 0 Å². The van der Waals surface area contributed by atoms with E-state index < -0.39 is 0 Å². The molecule has 0 aromatic heterocycles. The van der Waals surface area contributed by atoms with Crippen LogP contribution in [0.1, 0.15) is 78.6 Å². The van der Waals surface area contributed by atoms with Gasteiger partial charge in [0.2, 0.25) is 5.91 Å². The molecule has 0 aliphatic carbocycles. The molecule has 0 radical (unpaired) electrons.